The molecule has 0 saturated carbocycles. The molecule has 0 amide bonds. The van der Waals surface area contributed by atoms with Crippen LogP contribution in [0, 0.1) is 0 Å². The van der Waals surface area contributed by atoms with E-state index in [0.29, 0.717) is 5.75 Å². The van der Waals surface area contributed by atoms with E-state index in [1.807, 2.05) is 12.1 Å². The zero-order chi connectivity index (χ0) is 18.4. The first-order valence-electron chi connectivity index (χ1n) is 8.73. The Morgan fingerprint density at radius 1 is 0.731 bits per heavy atom. The number of hydrogen-bond acceptors (Lipinski definition) is 4. The van der Waals surface area contributed by atoms with E-state index in [4.69, 9.17) is 14.2 Å². The summed E-state index contributed by atoms with van der Waals surface area (Å²) in [6, 6.07) is 18.8. The van der Waals surface area contributed by atoms with Gasteiger partial charge in [0.25, 0.3) is 0 Å². The lowest BCUT2D eigenvalue weighted by atomic mass is 10.0. The number of ether oxygens (including phenoxy) is 3. The van der Waals surface area contributed by atoms with E-state index in [0.717, 1.165) is 36.6 Å². The van der Waals surface area contributed by atoms with Gasteiger partial charge in [-0.15, -0.1) is 0 Å². The second-order valence-corrected chi connectivity index (χ2v) is 6.08. The standard InChI is InChI=1S/C22H25NO3/c1-24-20-14-22(26-3)21(25-2)13-17(20)11-12-23-15-18-9-6-8-16-7-4-5-10-19(16)18/h4-10,13-14,23H,11-12,15H2,1-3H3. The summed E-state index contributed by atoms with van der Waals surface area (Å²) in [5.74, 6) is 2.21. The third kappa shape index (κ3) is 3.92. The van der Waals surface area contributed by atoms with Crippen molar-refractivity contribution < 1.29 is 14.2 Å². The summed E-state index contributed by atoms with van der Waals surface area (Å²) in [6.45, 7) is 1.67. The molecule has 4 nitrogen and oxygen atoms in total. The molecule has 0 aliphatic carbocycles. The van der Waals surface area contributed by atoms with Crippen LogP contribution < -0.4 is 19.5 Å². The minimum Gasteiger partial charge on any atom is -0.496 e. The molecule has 3 aromatic rings. The Labute approximate surface area is 154 Å². The van der Waals surface area contributed by atoms with Crippen molar-refractivity contribution in [2.45, 2.75) is 13.0 Å². The highest BCUT2D eigenvalue weighted by atomic mass is 16.5. The quantitative estimate of drug-likeness (QED) is 0.618. The topological polar surface area (TPSA) is 39.7 Å². The van der Waals surface area contributed by atoms with E-state index >= 15 is 0 Å². The highest BCUT2D eigenvalue weighted by Gasteiger charge is 2.11. The first kappa shape index (κ1) is 18.1. The normalized spacial score (nSPS) is 10.7. The van der Waals surface area contributed by atoms with E-state index in [-0.39, 0.29) is 0 Å². The number of rotatable bonds is 8. The van der Waals surface area contributed by atoms with Crippen molar-refractivity contribution in [3.8, 4) is 17.2 Å². The molecular formula is C22H25NO3. The average molecular weight is 351 g/mol. The highest BCUT2D eigenvalue weighted by Crippen LogP contribution is 2.34. The average Bonchev–Trinajstić information content (AvgIpc) is 2.70. The maximum atomic E-state index is 5.50. The molecule has 0 saturated heterocycles. The van der Waals surface area contributed by atoms with Crippen molar-refractivity contribution in [1.82, 2.24) is 5.32 Å². The molecule has 3 aromatic carbocycles. The Kier molecular flexibility index (Phi) is 5.97. The number of benzene rings is 3. The summed E-state index contributed by atoms with van der Waals surface area (Å²) in [5, 5.41) is 6.10. The number of methoxy groups -OCH3 is 3. The third-order valence-electron chi connectivity index (χ3n) is 4.55. The minimum absolute atomic E-state index is 0.678. The molecule has 136 valence electrons. The van der Waals surface area contributed by atoms with Crippen LogP contribution in [0.25, 0.3) is 10.8 Å². The fraction of sp³-hybridized carbons (Fsp3) is 0.273. The zero-order valence-electron chi connectivity index (χ0n) is 15.5. The molecule has 0 radical (unpaired) electrons. The van der Waals surface area contributed by atoms with Crippen LogP contribution in [-0.2, 0) is 13.0 Å². The molecule has 0 fully saturated rings. The largest absolute Gasteiger partial charge is 0.496 e. The maximum absolute atomic E-state index is 5.50. The molecule has 0 aromatic heterocycles. The van der Waals surface area contributed by atoms with Crippen molar-refractivity contribution in [1.29, 1.82) is 0 Å². The Balaban J connectivity index is 1.66. The van der Waals surface area contributed by atoms with Crippen molar-refractivity contribution in [2.24, 2.45) is 0 Å². The van der Waals surface area contributed by atoms with Gasteiger partial charge >= 0.3 is 0 Å². The molecule has 0 bridgehead atoms. The van der Waals surface area contributed by atoms with Gasteiger partial charge in [-0.25, -0.2) is 0 Å². The first-order chi connectivity index (χ1) is 12.8. The predicted octanol–water partition coefficient (Wildman–Crippen LogP) is 4.20. The van der Waals surface area contributed by atoms with Gasteiger partial charge in [-0.3, -0.25) is 0 Å². The lowest BCUT2D eigenvalue weighted by molar-refractivity contribution is 0.347. The molecule has 0 heterocycles. The van der Waals surface area contributed by atoms with Gasteiger partial charge in [0.2, 0.25) is 0 Å². The van der Waals surface area contributed by atoms with Gasteiger partial charge in [-0.2, -0.15) is 0 Å². The second kappa shape index (κ2) is 8.59. The van der Waals surface area contributed by atoms with Gasteiger partial charge in [0.05, 0.1) is 21.3 Å². The van der Waals surface area contributed by atoms with Crippen molar-refractivity contribution in [3.63, 3.8) is 0 Å². The van der Waals surface area contributed by atoms with Gasteiger partial charge in [0.15, 0.2) is 11.5 Å². The first-order valence-corrected chi connectivity index (χ1v) is 8.73. The van der Waals surface area contributed by atoms with Gasteiger partial charge in [-0.05, 0) is 40.9 Å². The van der Waals surface area contributed by atoms with E-state index in [1.165, 1.54) is 16.3 Å². The van der Waals surface area contributed by atoms with Crippen LogP contribution in [0.4, 0.5) is 0 Å². The van der Waals surface area contributed by atoms with E-state index in [9.17, 15) is 0 Å². The van der Waals surface area contributed by atoms with Gasteiger partial charge < -0.3 is 19.5 Å². The van der Waals surface area contributed by atoms with Crippen LogP contribution in [0.1, 0.15) is 11.1 Å². The van der Waals surface area contributed by atoms with Crippen LogP contribution in [0.5, 0.6) is 17.2 Å². The number of fused-ring (bicyclic) bond motifs is 1. The molecule has 26 heavy (non-hydrogen) atoms. The summed E-state index contributed by atoms with van der Waals surface area (Å²) in [6.07, 6.45) is 0.842. The molecule has 3 rings (SSSR count). The zero-order valence-corrected chi connectivity index (χ0v) is 15.5. The summed E-state index contributed by atoms with van der Waals surface area (Å²) in [5.41, 5.74) is 2.40. The van der Waals surface area contributed by atoms with Crippen molar-refractivity contribution in [2.75, 3.05) is 27.9 Å². The molecular weight excluding hydrogens is 326 g/mol. The van der Waals surface area contributed by atoms with Crippen molar-refractivity contribution in [3.05, 3.63) is 65.7 Å². The smallest absolute Gasteiger partial charge is 0.164 e. The monoisotopic (exact) mass is 351 g/mol. The Morgan fingerprint density at radius 3 is 2.19 bits per heavy atom. The summed E-state index contributed by atoms with van der Waals surface area (Å²) >= 11 is 0. The minimum atomic E-state index is 0.678. The molecule has 0 aliphatic heterocycles. The van der Waals surface area contributed by atoms with Crippen LogP contribution in [0.3, 0.4) is 0 Å². The molecule has 0 spiro atoms. The molecule has 0 unspecified atom stereocenters. The van der Waals surface area contributed by atoms with Gasteiger partial charge in [0.1, 0.15) is 5.75 Å². The second-order valence-electron chi connectivity index (χ2n) is 6.08. The summed E-state index contributed by atoms with van der Waals surface area (Å²) in [4.78, 5) is 0. The number of hydrogen-bond donors (Lipinski definition) is 1. The van der Waals surface area contributed by atoms with Gasteiger partial charge in [0, 0.05) is 12.6 Å². The molecule has 4 heteroatoms. The fourth-order valence-corrected chi connectivity index (χ4v) is 3.18. The molecule has 1 N–H and O–H groups in total. The van der Waals surface area contributed by atoms with Crippen LogP contribution in [0.2, 0.25) is 0 Å². The van der Waals surface area contributed by atoms with Gasteiger partial charge in [-0.1, -0.05) is 42.5 Å². The predicted molar refractivity (Wildman–Crippen MR) is 105 cm³/mol. The third-order valence-corrected chi connectivity index (χ3v) is 4.55. The lowest BCUT2D eigenvalue weighted by Gasteiger charge is -2.14. The Hall–Kier alpha value is -2.72. The Morgan fingerprint density at radius 2 is 1.42 bits per heavy atom. The maximum Gasteiger partial charge on any atom is 0.164 e. The Bertz CT molecular complexity index is 871. The molecule has 0 atom stereocenters. The van der Waals surface area contributed by atoms with E-state index < -0.39 is 0 Å². The fourth-order valence-electron chi connectivity index (χ4n) is 3.18. The van der Waals surface area contributed by atoms with Crippen LogP contribution in [-0.4, -0.2) is 27.9 Å². The van der Waals surface area contributed by atoms with E-state index in [1.54, 1.807) is 21.3 Å². The van der Waals surface area contributed by atoms with E-state index in [2.05, 4.69) is 47.8 Å². The van der Waals surface area contributed by atoms with Crippen LogP contribution >= 0.6 is 0 Å². The highest BCUT2D eigenvalue weighted by molar-refractivity contribution is 5.85. The van der Waals surface area contributed by atoms with Crippen LogP contribution in [0.15, 0.2) is 54.6 Å². The summed E-state index contributed by atoms with van der Waals surface area (Å²) < 4.78 is 16.2. The van der Waals surface area contributed by atoms with Crippen molar-refractivity contribution >= 4 is 10.8 Å². The summed E-state index contributed by atoms with van der Waals surface area (Å²) in [7, 11) is 4.95. The number of nitrogens with one attached hydrogen (secondary N) is 1. The molecule has 0 aliphatic rings. The SMILES string of the molecule is COc1cc(OC)c(OC)cc1CCNCc1cccc2ccccc12. The lowest BCUT2D eigenvalue weighted by Crippen LogP contribution is -2.17.